The number of pyridine rings is 1. The lowest BCUT2D eigenvalue weighted by Crippen LogP contribution is -2.00. The number of fused-ring (bicyclic) bond motifs is 1. The fourth-order valence-electron chi connectivity index (χ4n) is 1.75. The van der Waals surface area contributed by atoms with E-state index in [1.54, 1.807) is 25.4 Å². The molecule has 0 aliphatic carbocycles. The van der Waals surface area contributed by atoms with Crippen molar-refractivity contribution in [2.75, 3.05) is 7.11 Å². The van der Waals surface area contributed by atoms with Gasteiger partial charge >= 0.3 is 0 Å². The Balaban J connectivity index is 2.14. The second kappa shape index (κ2) is 4.26. The van der Waals surface area contributed by atoms with Crippen LogP contribution in [0.25, 0.3) is 11.2 Å². The van der Waals surface area contributed by atoms with Gasteiger partial charge in [-0.05, 0) is 18.3 Å². The number of methoxy groups -OCH3 is 1. The van der Waals surface area contributed by atoms with E-state index >= 15 is 0 Å². The molecule has 0 bridgehead atoms. The molecule has 3 rings (SSSR count). The van der Waals surface area contributed by atoms with Crippen molar-refractivity contribution >= 4 is 23.4 Å². The van der Waals surface area contributed by atoms with E-state index in [2.05, 4.69) is 15.1 Å². The largest absolute Gasteiger partial charge is 0.481 e. The Morgan fingerprint density at radius 3 is 3.06 bits per heavy atom. The van der Waals surface area contributed by atoms with Crippen molar-refractivity contribution in [1.29, 1.82) is 0 Å². The first-order valence-electron chi connectivity index (χ1n) is 5.31. The minimum Gasteiger partial charge on any atom is -0.481 e. The summed E-state index contributed by atoms with van der Waals surface area (Å²) in [7, 11) is 1.58. The molecule has 92 valence electrons. The highest BCUT2D eigenvalue weighted by Crippen LogP contribution is 2.17. The molecule has 3 heterocycles. The Labute approximate surface area is 107 Å². The van der Waals surface area contributed by atoms with Crippen LogP contribution in [0.1, 0.15) is 5.76 Å². The molecular weight excluding hydrogens is 252 g/mol. The molecule has 0 amide bonds. The van der Waals surface area contributed by atoms with Crippen molar-refractivity contribution in [3.05, 3.63) is 34.9 Å². The molecule has 0 fully saturated rings. The molecule has 0 aromatic carbocycles. The number of H-pyrrole nitrogens is 1. The van der Waals surface area contributed by atoms with Gasteiger partial charge in [0.2, 0.25) is 5.88 Å². The lowest BCUT2D eigenvalue weighted by Gasteiger charge is -2.02. The van der Waals surface area contributed by atoms with Crippen molar-refractivity contribution in [3.8, 4) is 5.88 Å². The van der Waals surface area contributed by atoms with E-state index < -0.39 is 0 Å². The maximum absolute atomic E-state index is 5.27. The van der Waals surface area contributed by atoms with Crippen molar-refractivity contribution in [2.24, 2.45) is 0 Å². The van der Waals surface area contributed by atoms with Gasteiger partial charge in [0, 0.05) is 12.1 Å². The highest BCUT2D eigenvalue weighted by Gasteiger charge is 2.09. The smallest absolute Gasteiger partial charge is 0.215 e. The van der Waals surface area contributed by atoms with Crippen LogP contribution in [-0.2, 0) is 6.54 Å². The topological polar surface area (TPSA) is 68.9 Å². The summed E-state index contributed by atoms with van der Waals surface area (Å²) in [4.78, 5) is 7.46. The summed E-state index contributed by atoms with van der Waals surface area (Å²) in [5, 5.41) is 3.67. The lowest BCUT2D eigenvalue weighted by atomic mass is 10.4. The summed E-state index contributed by atoms with van der Waals surface area (Å²) in [5.41, 5.74) is 1.59. The van der Waals surface area contributed by atoms with Crippen LogP contribution >= 0.6 is 12.2 Å². The van der Waals surface area contributed by atoms with E-state index in [0.717, 1.165) is 16.9 Å². The van der Waals surface area contributed by atoms with Gasteiger partial charge in [-0.15, -0.1) is 0 Å². The molecule has 18 heavy (non-hydrogen) atoms. The number of hydrogen-bond acceptors (Lipinski definition) is 5. The number of ether oxygens (including phenoxy) is 1. The summed E-state index contributed by atoms with van der Waals surface area (Å²) >= 11 is 5.27. The fraction of sp³-hybridized carbons (Fsp3) is 0.182. The van der Waals surface area contributed by atoms with Gasteiger partial charge in [0.1, 0.15) is 0 Å². The Morgan fingerprint density at radius 1 is 1.44 bits per heavy atom. The number of rotatable bonds is 3. The molecule has 0 aliphatic heterocycles. The van der Waals surface area contributed by atoms with E-state index in [1.807, 2.05) is 10.6 Å². The minimum absolute atomic E-state index is 0.485. The Hall–Kier alpha value is -2.15. The van der Waals surface area contributed by atoms with E-state index in [0.29, 0.717) is 17.2 Å². The van der Waals surface area contributed by atoms with Gasteiger partial charge in [-0.3, -0.25) is 4.57 Å². The highest BCUT2D eigenvalue weighted by atomic mass is 32.1. The molecule has 0 saturated heterocycles. The molecule has 0 atom stereocenters. The molecule has 0 aliphatic rings. The van der Waals surface area contributed by atoms with Gasteiger partial charge in [0.05, 0.1) is 25.4 Å². The zero-order chi connectivity index (χ0) is 12.5. The van der Waals surface area contributed by atoms with E-state index in [1.165, 1.54) is 0 Å². The summed E-state index contributed by atoms with van der Waals surface area (Å²) in [6, 6.07) is 5.46. The first-order chi connectivity index (χ1) is 8.78. The van der Waals surface area contributed by atoms with Gasteiger partial charge in [0.25, 0.3) is 0 Å². The van der Waals surface area contributed by atoms with Crippen molar-refractivity contribution in [1.82, 2.24) is 19.7 Å². The number of hydrogen-bond donors (Lipinski definition) is 1. The predicted octanol–water partition coefficient (Wildman–Crippen LogP) is 2.14. The lowest BCUT2D eigenvalue weighted by molar-refractivity contribution is 0.376. The van der Waals surface area contributed by atoms with E-state index in [4.69, 9.17) is 21.5 Å². The first kappa shape index (κ1) is 11.0. The van der Waals surface area contributed by atoms with Crippen LogP contribution in [0.3, 0.4) is 0 Å². The number of aromatic nitrogens is 4. The summed E-state index contributed by atoms with van der Waals surface area (Å²) in [6.45, 7) is 0.485. The van der Waals surface area contributed by atoms with Crippen LogP contribution in [0.5, 0.6) is 5.88 Å². The van der Waals surface area contributed by atoms with Crippen molar-refractivity contribution in [2.45, 2.75) is 6.54 Å². The molecule has 0 unspecified atom stereocenters. The number of imidazole rings is 1. The first-order valence-corrected chi connectivity index (χ1v) is 5.72. The molecule has 7 heteroatoms. The standard InChI is InChI=1S/C11H10N4O2S/c1-16-9-3-2-8-10(14-9)15(11(18)13-8)6-7-4-5-12-17-7/h2-5H,6H2,1H3,(H,13,18). The number of aromatic amines is 1. The maximum atomic E-state index is 5.27. The van der Waals surface area contributed by atoms with Gasteiger partial charge in [-0.25, -0.2) is 0 Å². The van der Waals surface area contributed by atoms with Crippen LogP contribution < -0.4 is 4.74 Å². The average molecular weight is 262 g/mol. The maximum Gasteiger partial charge on any atom is 0.215 e. The van der Waals surface area contributed by atoms with Crippen molar-refractivity contribution < 1.29 is 9.26 Å². The highest BCUT2D eigenvalue weighted by molar-refractivity contribution is 7.71. The molecule has 0 spiro atoms. The monoisotopic (exact) mass is 262 g/mol. The minimum atomic E-state index is 0.485. The van der Waals surface area contributed by atoms with Crippen LogP contribution in [0.4, 0.5) is 0 Å². The predicted molar refractivity (Wildman–Crippen MR) is 67.1 cm³/mol. The molecule has 3 aromatic heterocycles. The van der Waals surface area contributed by atoms with Gasteiger partial charge < -0.3 is 14.2 Å². The normalized spacial score (nSPS) is 10.9. The zero-order valence-electron chi connectivity index (χ0n) is 9.58. The Morgan fingerprint density at radius 2 is 2.33 bits per heavy atom. The zero-order valence-corrected chi connectivity index (χ0v) is 10.4. The molecule has 0 radical (unpaired) electrons. The van der Waals surface area contributed by atoms with Gasteiger partial charge in [-0.1, -0.05) is 5.16 Å². The Kier molecular flexibility index (Phi) is 2.60. The number of nitrogens with zero attached hydrogens (tertiary/aromatic N) is 3. The van der Waals surface area contributed by atoms with Crippen molar-refractivity contribution in [3.63, 3.8) is 0 Å². The third-order valence-electron chi connectivity index (χ3n) is 2.61. The molecule has 1 N–H and O–H groups in total. The fourth-order valence-corrected chi connectivity index (χ4v) is 2.01. The van der Waals surface area contributed by atoms with Gasteiger partial charge in [0.15, 0.2) is 16.2 Å². The summed E-state index contributed by atoms with van der Waals surface area (Å²) in [5.74, 6) is 1.26. The molecule has 0 saturated carbocycles. The quantitative estimate of drug-likeness (QED) is 0.732. The number of nitrogens with one attached hydrogen (secondary N) is 1. The summed E-state index contributed by atoms with van der Waals surface area (Å²) < 4.78 is 12.6. The van der Waals surface area contributed by atoms with Crippen LogP contribution in [0.2, 0.25) is 0 Å². The van der Waals surface area contributed by atoms with Crippen LogP contribution in [0.15, 0.2) is 28.9 Å². The van der Waals surface area contributed by atoms with E-state index in [9.17, 15) is 0 Å². The average Bonchev–Trinajstić information content (AvgIpc) is 2.99. The SMILES string of the molecule is COc1ccc2[nH]c(=S)n(Cc3ccno3)c2n1. The Bertz CT molecular complexity index is 729. The van der Waals surface area contributed by atoms with Gasteiger partial charge in [-0.2, -0.15) is 4.98 Å². The summed E-state index contributed by atoms with van der Waals surface area (Å²) in [6.07, 6.45) is 1.60. The molecular formula is C11H10N4O2S. The third kappa shape index (κ3) is 1.78. The van der Waals surface area contributed by atoms with Crippen LogP contribution in [0, 0.1) is 4.77 Å². The second-order valence-corrected chi connectivity index (χ2v) is 4.11. The third-order valence-corrected chi connectivity index (χ3v) is 2.93. The van der Waals surface area contributed by atoms with Crippen LogP contribution in [-0.4, -0.2) is 26.8 Å². The molecule has 6 nitrogen and oxygen atoms in total. The van der Waals surface area contributed by atoms with E-state index in [-0.39, 0.29) is 0 Å². The molecule has 3 aromatic rings. The second-order valence-electron chi connectivity index (χ2n) is 3.72.